The van der Waals surface area contributed by atoms with E-state index >= 15 is 0 Å². The molecule has 16 heavy (non-hydrogen) atoms. The third-order valence-corrected chi connectivity index (χ3v) is 1.57. The van der Waals surface area contributed by atoms with Crippen molar-refractivity contribution in [2.24, 2.45) is 5.73 Å². The third-order valence-electron chi connectivity index (χ3n) is 1.57. The van der Waals surface area contributed by atoms with Gasteiger partial charge < -0.3 is 16.2 Å². The van der Waals surface area contributed by atoms with E-state index in [2.05, 4.69) is 4.74 Å². The number of amides is 1. The lowest BCUT2D eigenvalue weighted by atomic mass is 10.1. The number of hydrogen-bond acceptors (Lipinski definition) is 3. The molecule has 0 radical (unpaired) electrons. The van der Waals surface area contributed by atoms with Crippen LogP contribution in [0.3, 0.4) is 0 Å². The molecule has 0 bridgehead atoms. The predicted molar refractivity (Wildman–Crippen MR) is 46.0 cm³/mol. The van der Waals surface area contributed by atoms with Crippen molar-refractivity contribution in [3.63, 3.8) is 0 Å². The molecule has 8 heteroatoms. The molecule has 1 aromatic rings. The molecule has 4 nitrogen and oxygen atoms in total. The highest BCUT2D eigenvalue weighted by Gasteiger charge is 2.34. The molecule has 0 unspecified atom stereocenters. The molecule has 4 N–H and O–H groups in total. The molecule has 0 saturated heterocycles. The Morgan fingerprint density at radius 1 is 1.31 bits per heavy atom. The second kappa shape index (κ2) is 3.87. The number of alkyl halides is 3. The fourth-order valence-corrected chi connectivity index (χ4v) is 1.03. The van der Waals surface area contributed by atoms with Gasteiger partial charge in [-0.2, -0.15) is 0 Å². The standard InChI is InChI=1S/C8H6F4N2O2/c9-3-1-4(7(14)15)6(5(13)2-3)16-8(10,11)12/h1-2H,13H2,(H2,14,15). The molecule has 0 fully saturated rings. The zero-order chi connectivity index (χ0) is 12.5. The molecule has 1 rings (SSSR count). The first kappa shape index (κ1) is 12.1. The van der Waals surface area contributed by atoms with Crippen LogP contribution in [-0.2, 0) is 0 Å². The second-order valence-corrected chi connectivity index (χ2v) is 2.78. The number of nitrogens with two attached hydrogens (primary N) is 2. The number of primary amides is 1. The van der Waals surface area contributed by atoms with E-state index in [-0.39, 0.29) is 0 Å². The summed E-state index contributed by atoms with van der Waals surface area (Å²) in [6.07, 6.45) is -5.05. The molecule has 0 aromatic heterocycles. The molecule has 0 aliphatic carbocycles. The van der Waals surface area contributed by atoms with E-state index in [1.165, 1.54) is 0 Å². The number of halogens is 4. The van der Waals surface area contributed by atoms with Crippen molar-refractivity contribution in [1.82, 2.24) is 0 Å². The minimum atomic E-state index is -5.05. The number of hydrogen-bond donors (Lipinski definition) is 2. The SMILES string of the molecule is NC(=O)c1cc(F)cc(N)c1OC(F)(F)F. The summed E-state index contributed by atoms with van der Waals surface area (Å²) < 4.78 is 52.1. The van der Waals surface area contributed by atoms with Gasteiger partial charge in [0.05, 0.1) is 11.3 Å². The summed E-state index contributed by atoms with van der Waals surface area (Å²) in [7, 11) is 0. The molecule has 1 amide bonds. The van der Waals surface area contributed by atoms with Crippen LogP contribution in [0.25, 0.3) is 0 Å². The van der Waals surface area contributed by atoms with Crippen LogP contribution in [0.4, 0.5) is 23.2 Å². The van der Waals surface area contributed by atoms with Gasteiger partial charge in [0.15, 0.2) is 5.75 Å². The predicted octanol–water partition coefficient (Wildman–Crippen LogP) is 1.41. The smallest absolute Gasteiger partial charge is 0.403 e. The summed E-state index contributed by atoms with van der Waals surface area (Å²) in [5.41, 5.74) is 8.43. The molecular weight excluding hydrogens is 232 g/mol. The first-order chi connectivity index (χ1) is 7.20. The van der Waals surface area contributed by atoms with E-state index in [1.807, 2.05) is 0 Å². The van der Waals surface area contributed by atoms with Gasteiger partial charge in [0.2, 0.25) is 0 Å². The van der Waals surface area contributed by atoms with E-state index in [1.54, 1.807) is 0 Å². The Labute approximate surface area is 86.8 Å². The highest BCUT2D eigenvalue weighted by Crippen LogP contribution is 2.32. The third kappa shape index (κ3) is 2.75. The van der Waals surface area contributed by atoms with Crippen molar-refractivity contribution < 1.29 is 27.1 Å². The van der Waals surface area contributed by atoms with Crippen LogP contribution < -0.4 is 16.2 Å². The van der Waals surface area contributed by atoms with Gasteiger partial charge >= 0.3 is 6.36 Å². The van der Waals surface area contributed by atoms with E-state index in [0.29, 0.717) is 12.1 Å². The lowest BCUT2D eigenvalue weighted by Gasteiger charge is -2.13. The largest absolute Gasteiger partial charge is 0.573 e. The number of ether oxygens (including phenoxy) is 1. The number of nitrogen functional groups attached to an aromatic ring is 1. The van der Waals surface area contributed by atoms with E-state index in [4.69, 9.17) is 11.5 Å². The Hall–Kier alpha value is -1.99. The van der Waals surface area contributed by atoms with Crippen LogP contribution in [-0.4, -0.2) is 12.3 Å². The highest BCUT2D eigenvalue weighted by molar-refractivity contribution is 5.97. The first-order valence-electron chi connectivity index (χ1n) is 3.85. The molecule has 0 heterocycles. The monoisotopic (exact) mass is 238 g/mol. The second-order valence-electron chi connectivity index (χ2n) is 2.78. The number of carbonyl (C=O) groups is 1. The molecule has 0 spiro atoms. The summed E-state index contributed by atoms with van der Waals surface area (Å²) in [5.74, 6) is -3.26. The highest BCUT2D eigenvalue weighted by atomic mass is 19.4. The fraction of sp³-hybridized carbons (Fsp3) is 0.125. The van der Waals surface area contributed by atoms with Crippen LogP contribution in [0.15, 0.2) is 12.1 Å². The maximum atomic E-state index is 12.8. The Kier molecular flexibility index (Phi) is 2.92. The number of anilines is 1. The first-order valence-corrected chi connectivity index (χ1v) is 3.85. The van der Waals surface area contributed by atoms with E-state index in [0.717, 1.165) is 0 Å². The molecule has 0 aliphatic heterocycles. The average molecular weight is 238 g/mol. The minimum Gasteiger partial charge on any atom is -0.403 e. The fourth-order valence-electron chi connectivity index (χ4n) is 1.03. The molecular formula is C8H6F4N2O2. The van der Waals surface area contributed by atoms with E-state index in [9.17, 15) is 22.4 Å². The Bertz CT molecular complexity index is 431. The van der Waals surface area contributed by atoms with Crippen LogP contribution in [0, 0.1) is 5.82 Å². The molecule has 88 valence electrons. The van der Waals surface area contributed by atoms with Crippen LogP contribution in [0.2, 0.25) is 0 Å². The van der Waals surface area contributed by atoms with Gasteiger partial charge in [0.1, 0.15) is 5.82 Å². The number of benzene rings is 1. The van der Waals surface area contributed by atoms with Crippen molar-refractivity contribution in [1.29, 1.82) is 0 Å². The lowest BCUT2D eigenvalue weighted by molar-refractivity contribution is -0.274. The summed E-state index contributed by atoms with van der Waals surface area (Å²) in [6.45, 7) is 0. The normalized spacial score (nSPS) is 11.2. The van der Waals surface area contributed by atoms with Crippen LogP contribution in [0.5, 0.6) is 5.75 Å². The zero-order valence-corrected chi connectivity index (χ0v) is 7.64. The Balaban J connectivity index is 3.30. The lowest BCUT2D eigenvalue weighted by Crippen LogP contribution is -2.22. The molecule has 0 aliphatic rings. The maximum Gasteiger partial charge on any atom is 0.573 e. The average Bonchev–Trinajstić information content (AvgIpc) is 2.07. The summed E-state index contributed by atoms with van der Waals surface area (Å²) >= 11 is 0. The minimum absolute atomic E-state index is 0.514. The molecule has 0 saturated carbocycles. The van der Waals surface area contributed by atoms with Gasteiger partial charge in [-0.25, -0.2) is 4.39 Å². The zero-order valence-electron chi connectivity index (χ0n) is 7.64. The summed E-state index contributed by atoms with van der Waals surface area (Å²) in [5, 5.41) is 0. The number of rotatable bonds is 2. The maximum absolute atomic E-state index is 12.8. The van der Waals surface area contributed by atoms with Gasteiger partial charge in [-0.05, 0) is 6.07 Å². The van der Waals surface area contributed by atoms with Crippen molar-refractivity contribution >= 4 is 11.6 Å². The van der Waals surface area contributed by atoms with Gasteiger partial charge in [0.25, 0.3) is 5.91 Å². The summed E-state index contributed by atoms with van der Waals surface area (Å²) in [6, 6.07) is 1.10. The van der Waals surface area contributed by atoms with E-state index < -0.39 is 35.1 Å². The quantitative estimate of drug-likeness (QED) is 0.603. The van der Waals surface area contributed by atoms with Gasteiger partial charge in [-0.15, -0.1) is 13.2 Å². The van der Waals surface area contributed by atoms with Crippen LogP contribution >= 0.6 is 0 Å². The van der Waals surface area contributed by atoms with Crippen molar-refractivity contribution in [2.75, 3.05) is 5.73 Å². The van der Waals surface area contributed by atoms with Crippen molar-refractivity contribution in [2.45, 2.75) is 6.36 Å². The van der Waals surface area contributed by atoms with Crippen molar-refractivity contribution in [3.8, 4) is 5.75 Å². The number of carbonyl (C=O) groups excluding carboxylic acids is 1. The Morgan fingerprint density at radius 2 is 1.88 bits per heavy atom. The van der Waals surface area contributed by atoms with Crippen molar-refractivity contribution in [3.05, 3.63) is 23.5 Å². The van der Waals surface area contributed by atoms with Gasteiger partial charge in [0, 0.05) is 6.07 Å². The van der Waals surface area contributed by atoms with Gasteiger partial charge in [-0.3, -0.25) is 4.79 Å². The summed E-state index contributed by atoms with van der Waals surface area (Å²) in [4.78, 5) is 10.8. The van der Waals surface area contributed by atoms with Crippen LogP contribution in [0.1, 0.15) is 10.4 Å². The molecule has 0 atom stereocenters. The molecule has 1 aromatic carbocycles. The Morgan fingerprint density at radius 3 is 2.31 bits per heavy atom. The van der Waals surface area contributed by atoms with Gasteiger partial charge in [-0.1, -0.05) is 0 Å². The topological polar surface area (TPSA) is 78.3 Å².